The van der Waals surface area contributed by atoms with Crippen molar-refractivity contribution in [3.05, 3.63) is 66.6 Å². The normalized spacial score (nSPS) is 10.7. The number of hydrogen-bond donors (Lipinski definition) is 2. The van der Waals surface area contributed by atoms with E-state index in [4.69, 9.17) is 9.15 Å². The Morgan fingerprint density at radius 1 is 1.10 bits per heavy atom. The lowest BCUT2D eigenvalue weighted by molar-refractivity contribution is -0.116. The summed E-state index contributed by atoms with van der Waals surface area (Å²) in [4.78, 5) is 12.2. The van der Waals surface area contributed by atoms with Gasteiger partial charge in [-0.15, -0.1) is 10.2 Å². The first kappa shape index (κ1) is 19.4. The number of hydrogen-bond acceptors (Lipinski definition) is 6. The SMILES string of the molecule is COc1ccccc1-c1cc(NC(=O)CCCc2nnc(-c3ccccc3)o2)n[nH]1. The largest absolute Gasteiger partial charge is 0.496 e. The fourth-order valence-corrected chi connectivity index (χ4v) is 3.05. The number of ether oxygens (including phenoxy) is 1. The van der Waals surface area contributed by atoms with Crippen LogP contribution in [0, 0.1) is 0 Å². The van der Waals surface area contributed by atoms with E-state index >= 15 is 0 Å². The molecule has 4 rings (SSSR count). The van der Waals surface area contributed by atoms with Crippen molar-refractivity contribution < 1.29 is 13.9 Å². The molecule has 2 N–H and O–H groups in total. The number of para-hydroxylation sites is 1. The predicted molar refractivity (Wildman–Crippen MR) is 112 cm³/mol. The quantitative estimate of drug-likeness (QED) is 0.459. The van der Waals surface area contributed by atoms with Crippen molar-refractivity contribution in [1.29, 1.82) is 0 Å². The van der Waals surface area contributed by atoms with Crippen LogP contribution in [0.25, 0.3) is 22.7 Å². The summed E-state index contributed by atoms with van der Waals surface area (Å²) in [5.74, 6) is 2.06. The second-order valence-electron chi connectivity index (χ2n) is 6.64. The molecule has 0 saturated heterocycles. The molecule has 2 heterocycles. The molecule has 2 aromatic carbocycles. The first-order valence-corrected chi connectivity index (χ1v) is 9.59. The fraction of sp³-hybridized carbons (Fsp3) is 0.182. The molecular weight excluding hydrogens is 382 g/mol. The molecule has 0 aliphatic heterocycles. The maximum atomic E-state index is 12.2. The van der Waals surface area contributed by atoms with Crippen LogP contribution in [0.2, 0.25) is 0 Å². The molecule has 0 aliphatic rings. The number of benzene rings is 2. The summed E-state index contributed by atoms with van der Waals surface area (Å²) in [5, 5.41) is 18.0. The number of aromatic amines is 1. The van der Waals surface area contributed by atoms with Crippen LogP contribution in [0.3, 0.4) is 0 Å². The first-order valence-electron chi connectivity index (χ1n) is 9.59. The van der Waals surface area contributed by atoms with Gasteiger partial charge < -0.3 is 14.5 Å². The molecule has 4 aromatic rings. The number of anilines is 1. The van der Waals surface area contributed by atoms with E-state index in [1.54, 1.807) is 13.2 Å². The molecule has 8 heteroatoms. The Bertz CT molecular complexity index is 1120. The third-order valence-corrected chi connectivity index (χ3v) is 4.52. The number of H-pyrrole nitrogens is 1. The molecule has 0 aliphatic carbocycles. The summed E-state index contributed by atoms with van der Waals surface area (Å²) < 4.78 is 11.0. The van der Waals surface area contributed by atoms with E-state index in [0.29, 0.717) is 36.9 Å². The summed E-state index contributed by atoms with van der Waals surface area (Å²) >= 11 is 0. The molecule has 8 nitrogen and oxygen atoms in total. The molecule has 2 aromatic heterocycles. The van der Waals surface area contributed by atoms with Crippen molar-refractivity contribution in [3.63, 3.8) is 0 Å². The second-order valence-corrected chi connectivity index (χ2v) is 6.64. The molecule has 0 fully saturated rings. The van der Waals surface area contributed by atoms with Gasteiger partial charge in [0.05, 0.1) is 12.8 Å². The van der Waals surface area contributed by atoms with Gasteiger partial charge in [0, 0.05) is 30.0 Å². The van der Waals surface area contributed by atoms with Gasteiger partial charge in [-0.25, -0.2) is 0 Å². The third-order valence-electron chi connectivity index (χ3n) is 4.52. The zero-order chi connectivity index (χ0) is 20.8. The molecule has 0 spiro atoms. The minimum Gasteiger partial charge on any atom is -0.496 e. The number of rotatable bonds is 8. The number of methoxy groups -OCH3 is 1. The Balaban J connectivity index is 1.29. The Labute approximate surface area is 173 Å². The van der Waals surface area contributed by atoms with Gasteiger partial charge in [0.1, 0.15) is 5.75 Å². The van der Waals surface area contributed by atoms with Crippen LogP contribution in [0.4, 0.5) is 5.82 Å². The summed E-state index contributed by atoms with van der Waals surface area (Å²) in [6, 6.07) is 19.0. The number of aromatic nitrogens is 4. The molecule has 152 valence electrons. The minimum atomic E-state index is -0.129. The highest BCUT2D eigenvalue weighted by atomic mass is 16.5. The van der Waals surface area contributed by atoms with E-state index in [1.165, 1.54) is 0 Å². The molecule has 0 radical (unpaired) electrons. The van der Waals surface area contributed by atoms with Crippen molar-refractivity contribution in [1.82, 2.24) is 20.4 Å². The lowest BCUT2D eigenvalue weighted by atomic mass is 10.1. The highest BCUT2D eigenvalue weighted by Crippen LogP contribution is 2.29. The third kappa shape index (κ3) is 4.54. The summed E-state index contributed by atoms with van der Waals surface area (Å²) in [5.41, 5.74) is 2.51. The molecule has 0 unspecified atom stereocenters. The van der Waals surface area contributed by atoms with Crippen LogP contribution in [-0.2, 0) is 11.2 Å². The fourth-order valence-electron chi connectivity index (χ4n) is 3.05. The van der Waals surface area contributed by atoms with Crippen molar-refractivity contribution in [2.75, 3.05) is 12.4 Å². The molecule has 0 bridgehead atoms. The predicted octanol–water partition coefficient (Wildman–Crippen LogP) is 4.10. The zero-order valence-electron chi connectivity index (χ0n) is 16.5. The van der Waals surface area contributed by atoms with Crippen LogP contribution < -0.4 is 10.1 Å². The van der Waals surface area contributed by atoms with Crippen LogP contribution in [0.5, 0.6) is 5.75 Å². The van der Waals surface area contributed by atoms with Gasteiger partial charge in [0.15, 0.2) is 5.82 Å². The zero-order valence-corrected chi connectivity index (χ0v) is 16.5. The number of aryl methyl sites for hydroxylation is 1. The maximum Gasteiger partial charge on any atom is 0.247 e. The number of carbonyl (C=O) groups is 1. The van der Waals surface area contributed by atoms with E-state index in [0.717, 1.165) is 22.6 Å². The number of nitrogens with zero attached hydrogens (tertiary/aromatic N) is 3. The Kier molecular flexibility index (Phi) is 5.84. The summed E-state index contributed by atoms with van der Waals surface area (Å²) in [6.45, 7) is 0. The molecule has 30 heavy (non-hydrogen) atoms. The van der Waals surface area contributed by atoms with E-state index in [-0.39, 0.29) is 5.91 Å². The number of nitrogens with one attached hydrogen (secondary N) is 2. The van der Waals surface area contributed by atoms with Gasteiger partial charge in [0.25, 0.3) is 0 Å². The Morgan fingerprint density at radius 2 is 1.90 bits per heavy atom. The lowest BCUT2D eigenvalue weighted by Crippen LogP contribution is -2.11. The average molecular weight is 403 g/mol. The van der Waals surface area contributed by atoms with E-state index < -0.39 is 0 Å². The van der Waals surface area contributed by atoms with E-state index in [9.17, 15) is 4.79 Å². The van der Waals surface area contributed by atoms with Gasteiger partial charge in [-0.1, -0.05) is 30.3 Å². The topological polar surface area (TPSA) is 106 Å². The molecule has 0 atom stereocenters. The maximum absolute atomic E-state index is 12.2. The van der Waals surface area contributed by atoms with E-state index in [2.05, 4.69) is 25.7 Å². The minimum absolute atomic E-state index is 0.129. The Hall–Kier alpha value is -3.94. The van der Waals surface area contributed by atoms with Crippen LogP contribution >= 0.6 is 0 Å². The summed E-state index contributed by atoms with van der Waals surface area (Å²) in [7, 11) is 1.62. The van der Waals surface area contributed by atoms with Crippen molar-refractivity contribution in [2.24, 2.45) is 0 Å². The highest BCUT2D eigenvalue weighted by molar-refractivity contribution is 5.90. The molecule has 1 amide bonds. The second kappa shape index (κ2) is 9.04. The van der Waals surface area contributed by atoms with E-state index in [1.807, 2.05) is 54.6 Å². The van der Waals surface area contributed by atoms with Crippen molar-refractivity contribution in [3.8, 4) is 28.5 Å². The Morgan fingerprint density at radius 3 is 2.73 bits per heavy atom. The molecule has 0 saturated carbocycles. The monoisotopic (exact) mass is 403 g/mol. The molecular formula is C22H21N5O3. The first-order chi connectivity index (χ1) is 14.7. The smallest absolute Gasteiger partial charge is 0.247 e. The van der Waals surface area contributed by atoms with Gasteiger partial charge in [0.2, 0.25) is 17.7 Å². The highest BCUT2D eigenvalue weighted by Gasteiger charge is 2.12. The van der Waals surface area contributed by atoms with Gasteiger partial charge in [-0.3, -0.25) is 9.89 Å². The van der Waals surface area contributed by atoms with Gasteiger partial charge in [-0.2, -0.15) is 5.10 Å². The standard InChI is InChI=1S/C22H21N5O3/c1-29-18-11-6-5-10-16(18)17-14-19(25-24-17)23-20(28)12-7-13-21-26-27-22(30-21)15-8-3-2-4-9-15/h2-6,8-11,14H,7,12-13H2,1H3,(H2,23,24,25,28). The van der Waals surface area contributed by atoms with Crippen LogP contribution in [0.1, 0.15) is 18.7 Å². The number of carbonyl (C=O) groups excluding carboxylic acids is 1. The van der Waals surface area contributed by atoms with Crippen LogP contribution in [0.15, 0.2) is 65.1 Å². The lowest BCUT2D eigenvalue weighted by Gasteiger charge is -2.05. The van der Waals surface area contributed by atoms with Crippen LogP contribution in [-0.4, -0.2) is 33.4 Å². The van der Waals surface area contributed by atoms with Crippen molar-refractivity contribution >= 4 is 11.7 Å². The number of amides is 1. The van der Waals surface area contributed by atoms with Crippen molar-refractivity contribution in [2.45, 2.75) is 19.3 Å². The average Bonchev–Trinajstić information content (AvgIpc) is 3.44. The summed E-state index contributed by atoms with van der Waals surface area (Å²) in [6.07, 6.45) is 1.44. The van der Waals surface area contributed by atoms with Gasteiger partial charge in [-0.05, 0) is 30.7 Å². The van der Waals surface area contributed by atoms with Gasteiger partial charge >= 0.3 is 0 Å².